The highest BCUT2D eigenvalue weighted by Gasteiger charge is 2.11. The number of carbonyl (C=O) groups is 2. The molecule has 8 nitrogen and oxygen atoms in total. The molecule has 0 spiro atoms. The molecular formula is C26H27N3O5. The Hall–Kier alpha value is -4.33. The van der Waals surface area contributed by atoms with E-state index >= 15 is 0 Å². The van der Waals surface area contributed by atoms with Gasteiger partial charge >= 0.3 is 0 Å². The van der Waals surface area contributed by atoms with Crippen molar-refractivity contribution in [3.63, 3.8) is 0 Å². The summed E-state index contributed by atoms with van der Waals surface area (Å²) < 4.78 is 16.1. The van der Waals surface area contributed by atoms with Gasteiger partial charge in [0.05, 0.1) is 27.0 Å². The molecule has 0 unspecified atom stereocenters. The van der Waals surface area contributed by atoms with Crippen LogP contribution in [0, 0.1) is 6.92 Å². The predicted molar refractivity (Wildman–Crippen MR) is 130 cm³/mol. The first-order valence-electron chi connectivity index (χ1n) is 10.6. The Bertz CT molecular complexity index is 1140. The van der Waals surface area contributed by atoms with Crippen molar-refractivity contribution in [2.24, 2.45) is 5.10 Å². The van der Waals surface area contributed by atoms with Gasteiger partial charge in [0.2, 0.25) is 0 Å². The lowest BCUT2D eigenvalue weighted by Gasteiger charge is -2.09. The van der Waals surface area contributed by atoms with Crippen LogP contribution in [0.3, 0.4) is 0 Å². The Balaban J connectivity index is 1.42. The average molecular weight is 462 g/mol. The van der Waals surface area contributed by atoms with E-state index in [1.165, 1.54) is 26.0 Å². The van der Waals surface area contributed by atoms with Gasteiger partial charge in [0.15, 0.2) is 11.5 Å². The number of ether oxygens (including phenoxy) is 3. The molecule has 2 N–H and O–H groups in total. The third kappa shape index (κ3) is 7.09. The molecule has 0 aliphatic carbocycles. The zero-order chi connectivity index (χ0) is 24.3. The van der Waals surface area contributed by atoms with E-state index in [0.29, 0.717) is 23.7 Å². The summed E-state index contributed by atoms with van der Waals surface area (Å²) in [4.78, 5) is 24.2. The fraction of sp³-hybridized carbons (Fsp3) is 0.192. The Kier molecular flexibility index (Phi) is 8.62. The smallest absolute Gasteiger partial charge is 0.259 e. The molecule has 0 radical (unpaired) electrons. The molecule has 0 saturated heterocycles. The second-order valence-electron chi connectivity index (χ2n) is 7.39. The first-order chi connectivity index (χ1) is 16.5. The predicted octanol–water partition coefficient (Wildman–Crippen LogP) is 3.47. The van der Waals surface area contributed by atoms with E-state index in [9.17, 15) is 9.59 Å². The number of carbonyl (C=O) groups excluding carboxylic acids is 2. The van der Waals surface area contributed by atoms with Gasteiger partial charge in [0.25, 0.3) is 11.8 Å². The SMILES string of the molecule is COc1ccc(C(=O)NCC(=O)NN=Cc2ccc(OCc3ccc(C)cc3)cc2)cc1OC. The van der Waals surface area contributed by atoms with Gasteiger partial charge in [0.1, 0.15) is 12.4 Å². The van der Waals surface area contributed by atoms with Crippen LogP contribution in [0.2, 0.25) is 0 Å². The van der Waals surface area contributed by atoms with Crippen LogP contribution in [0.15, 0.2) is 71.8 Å². The van der Waals surface area contributed by atoms with Crippen molar-refractivity contribution in [3.05, 3.63) is 89.0 Å². The van der Waals surface area contributed by atoms with E-state index in [-0.39, 0.29) is 6.54 Å². The molecule has 8 heteroatoms. The van der Waals surface area contributed by atoms with Crippen LogP contribution in [0.1, 0.15) is 27.0 Å². The van der Waals surface area contributed by atoms with Crippen LogP contribution in [0.4, 0.5) is 0 Å². The molecule has 3 aromatic rings. The lowest BCUT2D eigenvalue weighted by molar-refractivity contribution is -0.120. The Labute approximate surface area is 198 Å². The minimum atomic E-state index is -0.455. The molecule has 3 rings (SSSR count). The van der Waals surface area contributed by atoms with Crippen molar-refractivity contribution in [1.82, 2.24) is 10.7 Å². The molecule has 0 aromatic heterocycles. The number of nitrogens with one attached hydrogen (secondary N) is 2. The molecule has 0 saturated carbocycles. The van der Waals surface area contributed by atoms with E-state index in [1.54, 1.807) is 18.2 Å². The van der Waals surface area contributed by atoms with Gasteiger partial charge in [0, 0.05) is 5.56 Å². The van der Waals surface area contributed by atoms with Crippen LogP contribution in [-0.2, 0) is 11.4 Å². The van der Waals surface area contributed by atoms with E-state index in [4.69, 9.17) is 14.2 Å². The van der Waals surface area contributed by atoms with Crippen molar-refractivity contribution in [2.45, 2.75) is 13.5 Å². The van der Waals surface area contributed by atoms with Crippen LogP contribution < -0.4 is 25.0 Å². The number of benzene rings is 3. The third-order valence-electron chi connectivity index (χ3n) is 4.86. The third-order valence-corrected chi connectivity index (χ3v) is 4.86. The minimum Gasteiger partial charge on any atom is -0.493 e. The number of hydrogen-bond acceptors (Lipinski definition) is 6. The van der Waals surface area contributed by atoms with E-state index < -0.39 is 11.8 Å². The molecule has 0 fully saturated rings. The maximum atomic E-state index is 12.3. The quantitative estimate of drug-likeness (QED) is 0.356. The van der Waals surface area contributed by atoms with Gasteiger partial charge in [-0.3, -0.25) is 9.59 Å². The topological polar surface area (TPSA) is 98.2 Å². The van der Waals surface area contributed by atoms with Crippen molar-refractivity contribution < 1.29 is 23.8 Å². The summed E-state index contributed by atoms with van der Waals surface area (Å²) in [5.74, 6) is 0.803. The van der Waals surface area contributed by atoms with Gasteiger partial charge in [-0.15, -0.1) is 0 Å². The molecule has 0 aliphatic rings. The van der Waals surface area contributed by atoms with E-state index in [0.717, 1.165) is 16.9 Å². The maximum absolute atomic E-state index is 12.3. The number of amides is 2. The second-order valence-corrected chi connectivity index (χ2v) is 7.39. The largest absolute Gasteiger partial charge is 0.493 e. The molecule has 34 heavy (non-hydrogen) atoms. The number of hydrogen-bond donors (Lipinski definition) is 2. The maximum Gasteiger partial charge on any atom is 0.259 e. The van der Waals surface area contributed by atoms with Crippen LogP contribution >= 0.6 is 0 Å². The Morgan fingerprint density at radius 1 is 0.912 bits per heavy atom. The van der Waals surface area contributed by atoms with Gasteiger partial charge in [-0.1, -0.05) is 29.8 Å². The molecule has 0 aliphatic heterocycles. The van der Waals surface area contributed by atoms with Crippen LogP contribution in [-0.4, -0.2) is 38.8 Å². The van der Waals surface area contributed by atoms with Crippen molar-refractivity contribution in [3.8, 4) is 17.2 Å². The minimum absolute atomic E-state index is 0.226. The number of methoxy groups -OCH3 is 2. The summed E-state index contributed by atoms with van der Waals surface area (Å²) in [6, 6.07) is 20.3. The fourth-order valence-corrected chi connectivity index (χ4v) is 2.96. The summed E-state index contributed by atoms with van der Waals surface area (Å²) in [5.41, 5.74) is 5.82. The first kappa shape index (κ1) is 24.3. The summed E-state index contributed by atoms with van der Waals surface area (Å²) in [6.45, 7) is 2.30. The molecular weight excluding hydrogens is 434 g/mol. The van der Waals surface area contributed by atoms with Crippen LogP contribution in [0.5, 0.6) is 17.2 Å². The highest BCUT2D eigenvalue weighted by molar-refractivity contribution is 5.97. The summed E-state index contributed by atoms with van der Waals surface area (Å²) in [6.07, 6.45) is 1.51. The molecule has 2 amide bonds. The highest BCUT2D eigenvalue weighted by atomic mass is 16.5. The van der Waals surface area contributed by atoms with Gasteiger partial charge < -0.3 is 19.5 Å². The summed E-state index contributed by atoms with van der Waals surface area (Å²) in [7, 11) is 2.99. The summed E-state index contributed by atoms with van der Waals surface area (Å²) >= 11 is 0. The Morgan fingerprint density at radius 2 is 1.62 bits per heavy atom. The summed E-state index contributed by atoms with van der Waals surface area (Å²) in [5, 5.41) is 6.46. The molecule has 176 valence electrons. The first-order valence-corrected chi connectivity index (χ1v) is 10.6. The normalized spacial score (nSPS) is 10.6. The zero-order valence-electron chi connectivity index (χ0n) is 19.3. The molecule has 0 heterocycles. The molecule has 3 aromatic carbocycles. The second kappa shape index (κ2) is 12.1. The lowest BCUT2D eigenvalue weighted by Crippen LogP contribution is -2.34. The molecule has 0 bridgehead atoms. The fourth-order valence-electron chi connectivity index (χ4n) is 2.96. The highest BCUT2D eigenvalue weighted by Crippen LogP contribution is 2.27. The lowest BCUT2D eigenvalue weighted by atomic mass is 10.2. The van der Waals surface area contributed by atoms with Crippen molar-refractivity contribution in [1.29, 1.82) is 0 Å². The number of nitrogens with zero attached hydrogens (tertiary/aromatic N) is 1. The average Bonchev–Trinajstić information content (AvgIpc) is 2.87. The monoisotopic (exact) mass is 461 g/mol. The molecule has 0 atom stereocenters. The standard InChI is InChI=1S/C26H27N3O5/c1-18-4-6-20(7-5-18)17-34-22-11-8-19(9-12-22)15-28-29-25(30)16-27-26(31)21-10-13-23(32-2)24(14-21)33-3/h4-15H,16-17H2,1-3H3,(H,27,31)(H,29,30). The number of aryl methyl sites for hydroxylation is 1. The zero-order valence-corrected chi connectivity index (χ0v) is 19.3. The van der Waals surface area contributed by atoms with Gasteiger partial charge in [-0.05, 0) is 60.5 Å². The Morgan fingerprint density at radius 3 is 2.29 bits per heavy atom. The van der Waals surface area contributed by atoms with Gasteiger partial charge in [-0.25, -0.2) is 5.43 Å². The van der Waals surface area contributed by atoms with Gasteiger partial charge in [-0.2, -0.15) is 5.10 Å². The number of rotatable bonds is 10. The van der Waals surface area contributed by atoms with E-state index in [2.05, 4.69) is 15.8 Å². The van der Waals surface area contributed by atoms with Crippen molar-refractivity contribution >= 4 is 18.0 Å². The van der Waals surface area contributed by atoms with E-state index in [1.807, 2.05) is 55.5 Å². The van der Waals surface area contributed by atoms with Crippen LogP contribution in [0.25, 0.3) is 0 Å². The van der Waals surface area contributed by atoms with Crippen molar-refractivity contribution in [2.75, 3.05) is 20.8 Å². The number of hydrazone groups is 1.